The number of rotatable bonds is 6. The molecule has 154 valence electrons. The third kappa shape index (κ3) is 3.69. The summed E-state index contributed by atoms with van der Waals surface area (Å²) in [6, 6.07) is 11.5. The molecule has 0 saturated carbocycles. The van der Waals surface area contributed by atoms with Gasteiger partial charge in [-0.2, -0.15) is 5.10 Å². The van der Waals surface area contributed by atoms with Crippen LogP contribution in [0, 0.1) is 0 Å². The second kappa shape index (κ2) is 8.08. The van der Waals surface area contributed by atoms with Crippen LogP contribution in [0.1, 0.15) is 12.5 Å². The molecule has 0 bridgehead atoms. The summed E-state index contributed by atoms with van der Waals surface area (Å²) in [6.07, 6.45) is 1.59. The normalized spacial score (nSPS) is 14.8. The molecule has 8 nitrogen and oxygen atoms in total. The summed E-state index contributed by atoms with van der Waals surface area (Å²) in [5.74, 6) is 1.10. The molecule has 2 aromatic carbocycles. The van der Waals surface area contributed by atoms with Gasteiger partial charge in [0.25, 0.3) is 5.91 Å². The SMILES string of the molecule is COc1ccc(-c2cnn3c2NC(=O)C3CC(=O)Nc2cccc(Cl)c2)cc1OC. The first-order chi connectivity index (χ1) is 14.5. The van der Waals surface area contributed by atoms with E-state index in [0.29, 0.717) is 28.0 Å². The maximum Gasteiger partial charge on any atom is 0.251 e. The Morgan fingerprint density at radius 1 is 1.20 bits per heavy atom. The largest absolute Gasteiger partial charge is 0.493 e. The molecule has 2 heterocycles. The van der Waals surface area contributed by atoms with Crippen molar-refractivity contribution in [1.82, 2.24) is 9.78 Å². The highest BCUT2D eigenvalue weighted by Gasteiger charge is 2.35. The summed E-state index contributed by atoms with van der Waals surface area (Å²) in [5.41, 5.74) is 2.10. The molecule has 3 aromatic rings. The number of nitrogens with zero attached hydrogens (tertiary/aromatic N) is 2. The molecule has 2 amide bonds. The first kappa shape index (κ1) is 19.8. The van der Waals surface area contributed by atoms with E-state index >= 15 is 0 Å². The number of aromatic nitrogens is 2. The number of methoxy groups -OCH3 is 2. The molecule has 1 aliphatic heterocycles. The van der Waals surface area contributed by atoms with Gasteiger partial charge in [-0.3, -0.25) is 9.59 Å². The molecule has 0 saturated heterocycles. The number of amides is 2. The first-order valence-electron chi connectivity index (χ1n) is 9.16. The molecule has 1 unspecified atom stereocenters. The summed E-state index contributed by atoms with van der Waals surface area (Å²) >= 11 is 5.94. The number of ether oxygens (including phenoxy) is 2. The van der Waals surface area contributed by atoms with Crippen LogP contribution < -0.4 is 20.1 Å². The van der Waals surface area contributed by atoms with Crippen LogP contribution in [0.5, 0.6) is 11.5 Å². The maximum absolute atomic E-state index is 12.5. The highest BCUT2D eigenvalue weighted by atomic mass is 35.5. The van der Waals surface area contributed by atoms with Crippen molar-refractivity contribution >= 4 is 34.9 Å². The number of benzene rings is 2. The third-order valence-electron chi connectivity index (χ3n) is 4.82. The zero-order chi connectivity index (χ0) is 21.3. The van der Waals surface area contributed by atoms with Crippen LogP contribution >= 0.6 is 11.6 Å². The Balaban J connectivity index is 1.56. The summed E-state index contributed by atoms with van der Waals surface area (Å²) in [4.78, 5) is 25.0. The van der Waals surface area contributed by atoms with Crippen LogP contribution in [0.2, 0.25) is 5.02 Å². The van der Waals surface area contributed by atoms with E-state index in [4.69, 9.17) is 21.1 Å². The van der Waals surface area contributed by atoms with E-state index in [1.54, 1.807) is 50.7 Å². The lowest BCUT2D eigenvalue weighted by Gasteiger charge is -2.10. The number of hydrogen-bond acceptors (Lipinski definition) is 5. The van der Waals surface area contributed by atoms with E-state index in [2.05, 4.69) is 15.7 Å². The van der Waals surface area contributed by atoms with Crippen molar-refractivity contribution in [2.45, 2.75) is 12.5 Å². The molecule has 0 aliphatic carbocycles. The molecule has 4 rings (SSSR count). The predicted octanol–water partition coefficient (Wildman–Crippen LogP) is 3.74. The van der Waals surface area contributed by atoms with Crippen molar-refractivity contribution in [2.24, 2.45) is 0 Å². The molecule has 0 fully saturated rings. The first-order valence-corrected chi connectivity index (χ1v) is 9.54. The summed E-state index contributed by atoms with van der Waals surface area (Å²) in [5, 5.41) is 10.4. The molecular formula is C21H19ClN4O4. The lowest BCUT2D eigenvalue weighted by molar-refractivity contribution is -0.123. The second-order valence-electron chi connectivity index (χ2n) is 6.69. The fraction of sp³-hybridized carbons (Fsp3) is 0.190. The quantitative estimate of drug-likeness (QED) is 0.626. The fourth-order valence-corrected chi connectivity index (χ4v) is 3.57. The van der Waals surface area contributed by atoms with Gasteiger partial charge in [0, 0.05) is 16.3 Å². The Kier molecular flexibility index (Phi) is 5.33. The number of anilines is 2. The van der Waals surface area contributed by atoms with Gasteiger partial charge >= 0.3 is 0 Å². The van der Waals surface area contributed by atoms with Crippen molar-refractivity contribution in [3.05, 3.63) is 53.7 Å². The molecule has 1 atom stereocenters. The molecular weight excluding hydrogens is 408 g/mol. The number of fused-ring (bicyclic) bond motifs is 1. The van der Waals surface area contributed by atoms with E-state index in [1.807, 2.05) is 12.1 Å². The van der Waals surface area contributed by atoms with Crippen LogP contribution in [-0.2, 0) is 9.59 Å². The highest BCUT2D eigenvalue weighted by Crippen LogP contribution is 2.39. The van der Waals surface area contributed by atoms with Crippen molar-refractivity contribution in [3.8, 4) is 22.6 Å². The maximum atomic E-state index is 12.5. The molecule has 0 radical (unpaired) electrons. The van der Waals surface area contributed by atoms with Crippen LogP contribution in [0.3, 0.4) is 0 Å². The van der Waals surface area contributed by atoms with Crippen molar-refractivity contribution < 1.29 is 19.1 Å². The number of halogens is 1. The number of carbonyl (C=O) groups excluding carboxylic acids is 2. The van der Waals surface area contributed by atoms with Gasteiger partial charge in [0.15, 0.2) is 11.5 Å². The molecule has 1 aromatic heterocycles. The fourth-order valence-electron chi connectivity index (χ4n) is 3.38. The topological polar surface area (TPSA) is 94.5 Å². The summed E-state index contributed by atoms with van der Waals surface area (Å²) in [6.45, 7) is 0. The number of carbonyl (C=O) groups is 2. The molecule has 2 N–H and O–H groups in total. The second-order valence-corrected chi connectivity index (χ2v) is 7.13. The van der Waals surface area contributed by atoms with E-state index < -0.39 is 6.04 Å². The lowest BCUT2D eigenvalue weighted by atomic mass is 10.1. The minimum absolute atomic E-state index is 0.0571. The Morgan fingerprint density at radius 3 is 2.73 bits per heavy atom. The lowest BCUT2D eigenvalue weighted by Crippen LogP contribution is -2.23. The average Bonchev–Trinajstić information content (AvgIpc) is 3.27. The van der Waals surface area contributed by atoms with E-state index in [1.165, 1.54) is 4.68 Å². The van der Waals surface area contributed by atoms with E-state index in [0.717, 1.165) is 11.1 Å². The van der Waals surface area contributed by atoms with Crippen LogP contribution in [-0.4, -0.2) is 35.8 Å². The van der Waals surface area contributed by atoms with Crippen molar-refractivity contribution in [1.29, 1.82) is 0 Å². The Morgan fingerprint density at radius 2 is 2.00 bits per heavy atom. The summed E-state index contributed by atoms with van der Waals surface area (Å²) < 4.78 is 12.2. The monoisotopic (exact) mass is 426 g/mol. The van der Waals surface area contributed by atoms with E-state index in [-0.39, 0.29) is 18.2 Å². The number of hydrogen-bond donors (Lipinski definition) is 2. The molecule has 9 heteroatoms. The molecule has 30 heavy (non-hydrogen) atoms. The van der Waals surface area contributed by atoms with Gasteiger partial charge in [0.1, 0.15) is 11.9 Å². The standard InChI is InChI=1S/C21H19ClN4O4/c1-29-17-7-6-12(8-18(17)30-2)15-11-23-26-16(21(28)25-20(15)26)10-19(27)24-14-5-3-4-13(22)9-14/h3-9,11,16H,10H2,1-2H3,(H,24,27)(H,25,28). The van der Waals surface area contributed by atoms with Crippen molar-refractivity contribution in [3.63, 3.8) is 0 Å². The van der Waals surface area contributed by atoms with Gasteiger partial charge in [-0.05, 0) is 35.9 Å². The minimum atomic E-state index is -0.743. The third-order valence-corrected chi connectivity index (χ3v) is 5.05. The van der Waals surface area contributed by atoms with Gasteiger partial charge < -0.3 is 20.1 Å². The van der Waals surface area contributed by atoms with Gasteiger partial charge in [-0.15, -0.1) is 0 Å². The minimum Gasteiger partial charge on any atom is -0.493 e. The van der Waals surface area contributed by atoms with Crippen LogP contribution in [0.4, 0.5) is 11.5 Å². The predicted molar refractivity (Wildman–Crippen MR) is 113 cm³/mol. The van der Waals surface area contributed by atoms with Crippen LogP contribution in [0.25, 0.3) is 11.1 Å². The Labute approximate surface area is 177 Å². The molecule has 0 spiro atoms. The average molecular weight is 427 g/mol. The van der Waals surface area contributed by atoms with Gasteiger partial charge in [0.2, 0.25) is 5.91 Å². The number of nitrogens with one attached hydrogen (secondary N) is 2. The summed E-state index contributed by atoms with van der Waals surface area (Å²) in [7, 11) is 3.12. The molecule has 1 aliphatic rings. The zero-order valence-electron chi connectivity index (χ0n) is 16.3. The Hall–Kier alpha value is -3.52. The van der Waals surface area contributed by atoms with Crippen LogP contribution in [0.15, 0.2) is 48.7 Å². The van der Waals surface area contributed by atoms with Gasteiger partial charge in [0.05, 0.1) is 26.8 Å². The van der Waals surface area contributed by atoms with Gasteiger partial charge in [-0.25, -0.2) is 4.68 Å². The smallest absolute Gasteiger partial charge is 0.251 e. The van der Waals surface area contributed by atoms with Gasteiger partial charge in [-0.1, -0.05) is 23.7 Å². The zero-order valence-corrected chi connectivity index (χ0v) is 17.1. The highest BCUT2D eigenvalue weighted by molar-refractivity contribution is 6.30. The Bertz CT molecular complexity index is 1130. The van der Waals surface area contributed by atoms with Crippen molar-refractivity contribution in [2.75, 3.05) is 24.9 Å². The van der Waals surface area contributed by atoms with E-state index in [9.17, 15) is 9.59 Å².